The third-order valence-electron chi connectivity index (χ3n) is 13.8. The Morgan fingerprint density at radius 3 is 2.21 bits per heavy atom. The number of aromatic nitrogens is 2. The second-order valence-electron chi connectivity index (χ2n) is 19.9. The minimum Gasteiger partial charge on any atom is -0.510 e. The number of ether oxygens (including phenoxy) is 2. The number of nitrogens with zero attached hydrogens (tertiary/aromatic N) is 3. The molecule has 1 saturated carbocycles. The van der Waals surface area contributed by atoms with Gasteiger partial charge in [-0.1, -0.05) is 144 Å². The third kappa shape index (κ3) is 7.13. The van der Waals surface area contributed by atoms with Gasteiger partial charge in [0.2, 0.25) is 0 Å². The number of hydrogen-bond donors (Lipinski definition) is 0. The van der Waals surface area contributed by atoms with E-state index in [1.807, 2.05) is 6.20 Å². The fraction of sp³-hybridized carbons (Fsp3) is 0.357. The van der Waals surface area contributed by atoms with Crippen molar-refractivity contribution in [2.24, 2.45) is 10.9 Å². The van der Waals surface area contributed by atoms with Crippen LogP contribution >= 0.6 is 0 Å². The molecule has 1 fully saturated rings. The van der Waals surface area contributed by atoms with Crippen LogP contribution in [0.3, 0.4) is 0 Å². The summed E-state index contributed by atoms with van der Waals surface area (Å²) in [5.74, 6) is 2.39. The van der Waals surface area contributed by atoms with Gasteiger partial charge < -0.3 is 14.0 Å². The molecule has 5 aromatic carbocycles. The largest absolute Gasteiger partial charge is 2.00 e. The fourth-order valence-corrected chi connectivity index (χ4v) is 10.7. The van der Waals surface area contributed by atoms with Crippen LogP contribution in [0.5, 0.6) is 11.5 Å². The van der Waals surface area contributed by atoms with Gasteiger partial charge in [0.1, 0.15) is 17.6 Å². The van der Waals surface area contributed by atoms with Gasteiger partial charge in [-0.05, 0) is 108 Å². The molecular weight excluding hydrogens is 942 g/mol. The van der Waals surface area contributed by atoms with Crippen LogP contribution in [0.15, 0.2) is 90.1 Å². The number of rotatable bonds is 6. The maximum atomic E-state index is 7.06. The topological polar surface area (TPSA) is 48.6 Å². The van der Waals surface area contributed by atoms with E-state index in [0.29, 0.717) is 23.3 Å². The molecule has 0 bridgehead atoms. The van der Waals surface area contributed by atoms with Crippen molar-refractivity contribution in [3.05, 3.63) is 153 Å². The first kappa shape index (κ1) is 42.3. The molecule has 5 nitrogen and oxygen atoms in total. The Bertz CT molecular complexity index is 2900. The number of hydrogen-bond acceptors (Lipinski definition) is 4. The van der Waals surface area contributed by atoms with Gasteiger partial charge in [-0.15, -0.1) is 23.3 Å². The summed E-state index contributed by atoms with van der Waals surface area (Å²) in [5.41, 5.74) is 16.7. The second-order valence-corrected chi connectivity index (χ2v) is 19.9. The van der Waals surface area contributed by atoms with E-state index in [2.05, 4.69) is 165 Å². The first-order valence-corrected chi connectivity index (χ1v) is 22.3. The van der Waals surface area contributed by atoms with Crippen molar-refractivity contribution in [1.82, 2.24) is 9.55 Å². The van der Waals surface area contributed by atoms with Crippen LogP contribution < -0.4 is 4.74 Å². The van der Waals surface area contributed by atoms with Crippen LogP contribution in [0.25, 0.3) is 38.8 Å². The number of aryl methyl sites for hydroxylation is 5. The Hall–Kier alpha value is -4.99. The van der Waals surface area contributed by atoms with Gasteiger partial charge in [0.25, 0.3) is 0 Å². The molecule has 62 heavy (non-hydrogen) atoms. The van der Waals surface area contributed by atoms with E-state index >= 15 is 0 Å². The third-order valence-corrected chi connectivity index (χ3v) is 13.8. The molecule has 2 aliphatic heterocycles. The maximum Gasteiger partial charge on any atom is 2.00 e. The van der Waals surface area contributed by atoms with Crippen molar-refractivity contribution in [2.45, 2.75) is 124 Å². The summed E-state index contributed by atoms with van der Waals surface area (Å²) in [4.78, 5) is 10.6. The number of benzene rings is 5. The molecule has 0 amide bonds. The molecule has 0 unspecified atom stereocenters. The molecule has 6 heteroatoms. The molecule has 0 spiro atoms. The average Bonchev–Trinajstić information content (AvgIpc) is 3.81. The average molecular weight is 999 g/mol. The summed E-state index contributed by atoms with van der Waals surface area (Å²) in [6.45, 7) is 22.4. The molecule has 0 radical (unpaired) electrons. The summed E-state index contributed by atoms with van der Waals surface area (Å²) < 4.78 is 16.4. The van der Waals surface area contributed by atoms with Crippen LogP contribution in [0.4, 0.5) is 0 Å². The number of aliphatic imine (C=N–C) groups is 1. The first-order chi connectivity index (χ1) is 29.2. The standard InChI is InChI=1S/C56H57N3O2.Pt/c1-32-21-35(4)49(36(5)22-32)39-25-40(54-58-50(37-17-13-11-14-18-37)52(61-54)38-19-15-12-16-20-38)27-42(26-39)60-48-30-47-45(24-34(48)3)56(9,10)46-29-41(55(6,7)8)28-43-44-23-33(2)31-57-53(44)59(47)51(43)46;/h12,15-16,19-26,28-29,31,37,50,52H,11,13-14,17-18H2,1-10H3;/q-2;+2/t50-,52-;/m1./s1. The molecule has 2 aromatic heterocycles. The second kappa shape index (κ2) is 15.7. The summed E-state index contributed by atoms with van der Waals surface area (Å²) >= 11 is 0. The fourth-order valence-electron chi connectivity index (χ4n) is 10.7. The SMILES string of the molecule is Cc1cc(C)c(-c2cc(Oc3[c-]c4c(cc3C)C(C)(C)c3cc(C(C)(C)C)cc5c6cc(C)cnc6n-4c35)[c-]c(C3=N[C@H](C4CCCCC4)[C@@H](c4ccccc4)O3)c2)c(C)c1.[Pt+2]. The van der Waals surface area contributed by atoms with Crippen molar-refractivity contribution >= 4 is 27.8 Å². The predicted molar refractivity (Wildman–Crippen MR) is 250 cm³/mol. The Morgan fingerprint density at radius 1 is 0.774 bits per heavy atom. The van der Waals surface area contributed by atoms with E-state index in [1.54, 1.807) is 0 Å². The van der Waals surface area contributed by atoms with Crippen molar-refractivity contribution in [3.63, 3.8) is 0 Å². The summed E-state index contributed by atoms with van der Waals surface area (Å²) in [5, 5.41) is 2.39. The molecule has 4 heterocycles. The summed E-state index contributed by atoms with van der Waals surface area (Å²) in [6.07, 6.45) is 7.98. The summed E-state index contributed by atoms with van der Waals surface area (Å²) in [7, 11) is 0. The van der Waals surface area contributed by atoms with Crippen LogP contribution in [-0.4, -0.2) is 21.5 Å². The molecular formula is C56H57N3O2Pt. The number of pyridine rings is 1. The van der Waals surface area contributed by atoms with Crippen LogP contribution in [-0.2, 0) is 36.6 Å². The molecule has 10 rings (SSSR count). The molecule has 0 saturated heterocycles. The van der Waals surface area contributed by atoms with Gasteiger partial charge in [-0.2, -0.15) is 6.07 Å². The predicted octanol–water partition coefficient (Wildman–Crippen LogP) is 14.2. The van der Waals surface area contributed by atoms with Crippen LogP contribution in [0, 0.1) is 52.7 Å². The Labute approximate surface area is 382 Å². The van der Waals surface area contributed by atoms with Crippen LogP contribution in [0.2, 0.25) is 0 Å². The summed E-state index contributed by atoms with van der Waals surface area (Å²) in [6, 6.07) is 36.5. The maximum absolute atomic E-state index is 7.06. The Morgan fingerprint density at radius 2 is 1.50 bits per heavy atom. The van der Waals surface area contributed by atoms with E-state index in [0.717, 1.165) is 39.0 Å². The van der Waals surface area contributed by atoms with Gasteiger partial charge in [0.15, 0.2) is 0 Å². The molecule has 318 valence electrons. The number of fused-ring (bicyclic) bond motifs is 5. The van der Waals surface area contributed by atoms with E-state index in [-0.39, 0.29) is 44.0 Å². The Balaban J connectivity index is 0.00000490. The van der Waals surface area contributed by atoms with Gasteiger partial charge in [0, 0.05) is 28.5 Å². The smallest absolute Gasteiger partial charge is 0.510 e. The van der Waals surface area contributed by atoms with Gasteiger partial charge in [-0.3, -0.25) is 4.99 Å². The van der Waals surface area contributed by atoms with Crippen molar-refractivity contribution < 1.29 is 30.5 Å². The Kier molecular flexibility index (Phi) is 10.7. The van der Waals surface area contributed by atoms with E-state index < -0.39 is 0 Å². The first-order valence-electron chi connectivity index (χ1n) is 22.3. The van der Waals surface area contributed by atoms with E-state index in [4.69, 9.17) is 19.5 Å². The molecule has 3 aliphatic rings. The van der Waals surface area contributed by atoms with E-state index in [9.17, 15) is 0 Å². The zero-order valence-corrected chi connectivity index (χ0v) is 40.1. The van der Waals surface area contributed by atoms with Crippen molar-refractivity contribution in [3.8, 4) is 28.3 Å². The zero-order valence-electron chi connectivity index (χ0n) is 37.8. The van der Waals surface area contributed by atoms with Crippen molar-refractivity contribution in [2.75, 3.05) is 0 Å². The van der Waals surface area contributed by atoms with Gasteiger partial charge >= 0.3 is 21.1 Å². The molecule has 0 N–H and O–H groups in total. The monoisotopic (exact) mass is 998 g/mol. The van der Waals surface area contributed by atoms with Gasteiger partial charge in [-0.25, -0.2) is 4.98 Å². The van der Waals surface area contributed by atoms with Crippen molar-refractivity contribution in [1.29, 1.82) is 0 Å². The minimum atomic E-state index is -0.296. The minimum absolute atomic E-state index is 0. The van der Waals surface area contributed by atoms with Crippen LogP contribution in [0.1, 0.15) is 128 Å². The van der Waals surface area contributed by atoms with E-state index in [1.165, 1.54) is 87.5 Å². The quantitative estimate of drug-likeness (QED) is 0.156. The molecule has 2 atom stereocenters. The zero-order chi connectivity index (χ0) is 42.5. The molecule has 7 aromatic rings. The normalized spacial score (nSPS) is 18.3. The van der Waals surface area contributed by atoms with Gasteiger partial charge in [0.05, 0.1) is 11.6 Å². The molecule has 1 aliphatic carbocycles.